The van der Waals surface area contributed by atoms with Crippen LogP contribution >= 0.6 is 0 Å². The zero-order chi connectivity index (χ0) is 15.6. The smallest absolute Gasteiger partial charge is 0.244 e. The maximum atomic E-state index is 12.6. The van der Waals surface area contributed by atoms with Gasteiger partial charge in [0.25, 0.3) is 0 Å². The molecule has 1 unspecified atom stereocenters. The minimum atomic E-state index is -0.711. The first kappa shape index (κ1) is 15.3. The molecular weight excluding hydrogens is 268 g/mol. The normalized spacial score (nSPS) is 12.7. The van der Waals surface area contributed by atoms with Crippen LogP contribution in [0.25, 0.3) is 0 Å². The summed E-state index contributed by atoms with van der Waals surface area (Å²) in [6.07, 6.45) is 3.39. The van der Waals surface area contributed by atoms with Crippen LogP contribution in [0, 0.1) is 6.92 Å². The van der Waals surface area contributed by atoms with Gasteiger partial charge in [0.1, 0.15) is 17.6 Å². The number of hydrogen-bond acceptors (Lipinski definition) is 4. The van der Waals surface area contributed by atoms with E-state index in [9.17, 15) is 4.79 Å². The topological polar surface area (TPSA) is 77.3 Å². The Bertz CT molecular complexity index is 615. The Morgan fingerprint density at radius 3 is 2.67 bits per heavy atom. The van der Waals surface area contributed by atoms with Gasteiger partial charge in [-0.05, 0) is 32.9 Å². The lowest BCUT2D eigenvalue weighted by Gasteiger charge is -2.28. The van der Waals surface area contributed by atoms with Crippen molar-refractivity contribution in [1.82, 2.24) is 14.7 Å². The van der Waals surface area contributed by atoms with Gasteiger partial charge < -0.3 is 15.1 Å². The van der Waals surface area contributed by atoms with Crippen molar-refractivity contribution in [2.45, 2.75) is 39.4 Å². The van der Waals surface area contributed by atoms with Crippen molar-refractivity contribution >= 4 is 5.91 Å². The molecule has 1 atom stereocenters. The van der Waals surface area contributed by atoms with E-state index in [1.165, 1.54) is 0 Å². The second-order valence-corrected chi connectivity index (χ2v) is 5.50. The lowest BCUT2D eigenvalue weighted by Crippen LogP contribution is -2.42. The molecule has 1 amide bonds. The number of hydrogen-bond donors (Lipinski definition) is 1. The molecule has 114 valence electrons. The summed E-state index contributed by atoms with van der Waals surface area (Å²) in [5.74, 6) is 1.46. The molecule has 0 aromatic carbocycles. The number of amides is 1. The van der Waals surface area contributed by atoms with Gasteiger partial charge in [-0.2, -0.15) is 5.10 Å². The highest BCUT2D eigenvalue weighted by molar-refractivity contribution is 5.83. The first-order valence-electron chi connectivity index (χ1n) is 6.98. The zero-order valence-electron chi connectivity index (χ0n) is 12.9. The molecular formula is C15H22N4O2. The quantitative estimate of drug-likeness (QED) is 0.910. The molecule has 2 aromatic heterocycles. The van der Waals surface area contributed by atoms with E-state index in [4.69, 9.17) is 10.2 Å². The molecule has 0 saturated carbocycles. The minimum absolute atomic E-state index is 0.0330. The highest BCUT2D eigenvalue weighted by Gasteiger charge is 2.26. The van der Waals surface area contributed by atoms with Crippen LogP contribution in [0.4, 0.5) is 0 Å². The summed E-state index contributed by atoms with van der Waals surface area (Å²) >= 11 is 0. The summed E-state index contributed by atoms with van der Waals surface area (Å²) in [5.41, 5.74) is 6.79. The zero-order valence-corrected chi connectivity index (χ0v) is 12.9. The molecule has 0 bridgehead atoms. The average molecular weight is 290 g/mol. The first-order valence-corrected chi connectivity index (χ1v) is 6.98. The number of aromatic nitrogens is 2. The van der Waals surface area contributed by atoms with E-state index in [2.05, 4.69) is 5.10 Å². The number of carbonyl (C=O) groups is 1. The third-order valence-corrected chi connectivity index (χ3v) is 3.38. The Labute approximate surface area is 124 Å². The monoisotopic (exact) mass is 290 g/mol. The van der Waals surface area contributed by atoms with Gasteiger partial charge in [-0.15, -0.1) is 0 Å². The molecule has 2 aromatic rings. The van der Waals surface area contributed by atoms with Gasteiger partial charge in [0.15, 0.2) is 0 Å². The highest BCUT2D eigenvalue weighted by Crippen LogP contribution is 2.18. The van der Waals surface area contributed by atoms with E-state index in [1.807, 2.05) is 32.9 Å². The molecule has 0 saturated heterocycles. The van der Waals surface area contributed by atoms with Crippen molar-refractivity contribution in [2.75, 3.05) is 0 Å². The second kappa shape index (κ2) is 6.13. The molecule has 0 radical (unpaired) electrons. The largest absolute Gasteiger partial charge is 0.464 e. The van der Waals surface area contributed by atoms with Gasteiger partial charge in [0.2, 0.25) is 5.91 Å². The van der Waals surface area contributed by atoms with Crippen LogP contribution in [0.1, 0.15) is 37.0 Å². The van der Waals surface area contributed by atoms with E-state index in [-0.39, 0.29) is 11.9 Å². The molecule has 6 nitrogen and oxygen atoms in total. The van der Waals surface area contributed by atoms with Crippen molar-refractivity contribution in [2.24, 2.45) is 12.8 Å². The van der Waals surface area contributed by atoms with Gasteiger partial charge in [0.05, 0.1) is 12.7 Å². The van der Waals surface area contributed by atoms with E-state index in [0.717, 1.165) is 11.5 Å². The third kappa shape index (κ3) is 3.52. The Morgan fingerprint density at radius 1 is 1.48 bits per heavy atom. The molecule has 2 heterocycles. The fourth-order valence-electron chi connectivity index (χ4n) is 2.17. The maximum absolute atomic E-state index is 12.6. The van der Waals surface area contributed by atoms with Crippen LogP contribution in [0.15, 0.2) is 28.9 Å². The van der Waals surface area contributed by atoms with Gasteiger partial charge in [-0.25, -0.2) is 0 Å². The molecule has 0 aliphatic rings. The van der Waals surface area contributed by atoms with Crippen molar-refractivity contribution in [3.05, 3.63) is 41.6 Å². The Hall–Kier alpha value is -2.08. The van der Waals surface area contributed by atoms with E-state index >= 15 is 0 Å². The summed E-state index contributed by atoms with van der Waals surface area (Å²) in [6.45, 7) is 6.22. The van der Waals surface area contributed by atoms with Gasteiger partial charge in [-0.1, -0.05) is 0 Å². The molecule has 21 heavy (non-hydrogen) atoms. The molecule has 0 aliphatic carbocycles. The fraction of sp³-hybridized carbons (Fsp3) is 0.467. The number of carbonyl (C=O) groups excluding carboxylic acids is 1. The number of furan rings is 1. The molecule has 0 fully saturated rings. The maximum Gasteiger partial charge on any atom is 0.244 e. The molecule has 2 N–H and O–H groups in total. The summed E-state index contributed by atoms with van der Waals surface area (Å²) in [6, 6.07) is 3.09. The van der Waals surface area contributed by atoms with Crippen LogP contribution in [0.5, 0.6) is 0 Å². The number of aryl methyl sites for hydroxylation is 2. The second-order valence-electron chi connectivity index (χ2n) is 5.50. The Kier molecular flexibility index (Phi) is 4.47. The van der Waals surface area contributed by atoms with Crippen LogP contribution in [0.2, 0.25) is 0 Å². The number of nitrogens with zero attached hydrogens (tertiary/aromatic N) is 3. The Balaban J connectivity index is 2.15. The van der Waals surface area contributed by atoms with Crippen molar-refractivity contribution in [3.8, 4) is 0 Å². The predicted molar refractivity (Wildman–Crippen MR) is 79.3 cm³/mol. The molecule has 0 aliphatic heterocycles. The summed E-state index contributed by atoms with van der Waals surface area (Å²) in [7, 11) is 1.80. The minimum Gasteiger partial charge on any atom is -0.464 e. The van der Waals surface area contributed by atoms with Gasteiger partial charge >= 0.3 is 0 Å². The van der Waals surface area contributed by atoms with Crippen LogP contribution in [0.3, 0.4) is 0 Å². The highest BCUT2D eigenvalue weighted by atomic mass is 16.3. The van der Waals surface area contributed by atoms with Gasteiger partial charge in [-0.3, -0.25) is 9.48 Å². The molecule has 2 rings (SSSR count). The first-order chi connectivity index (χ1) is 9.88. The van der Waals surface area contributed by atoms with E-state index in [1.54, 1.807) is 29.0 Å². The summed E-state index contributed by atoms with van der Waals surface area (Å²) in [5, 5.41) is 4.06. The van der Waals surface area contributed by atoms with Crippen molar-refractivity contribution in [3.63, 3.8) is 0 Å². The number of rotatable bonds is 5. The summed E-state index contributed by atoms with van der Waals surface area (Å²) in [4.78, 5) is 14.3. The fourth-order valence-corrected chi connectivity index (χ4v) is 2.17. The number of nitrogens with two attached hydrogens (primary N) is 1. The predicted octanol–water partition coefficient (Wildman–Crippen LogP) is 1.76. The Morgan fingerprint density at radius 2 is 2.19 bits per heavy atom. The molecule has 0 spiro atoms. The third-order valence-electron chi connectivity index (χ3n) is 3.38. The van der Waals surface area contributed by atoms with Crippen LogP contribution in [-0.4, -0.2) is 26.6 Å². The SMILES string of the molecule is Cc1ccc(CN(C(=O)C(N)c2cnn(C)c2)C(C)C)o1. The summed E-state index contributed by atoms with van der Waals surface area (Å²) < 4.78 is 7.19. The van der Waals surface area contributed by atoms with Gasteiger partial charge in [0, 0.05) is 24.8 Å². The van der Waals surface area contributed by atoms with Crippen LogP contribution < -0.4 is 5.73 Å². The van der Waals surface area contributed by atoms with Crippen LogP contribution in [-0.2, 0) is 18.4 Å². The lowest BCUT2D eigenvalue weighted by molar-refractivity contribution is -0.135. The standard InChI is InChI=1S/C15H22N4O2/c1-10(2)19(9-13-6-5-11(3)21-13)15(20)14(16)12-7-17-18(4)8-12/h5-8,10,14H,9,16H2,1-4H3. The average Bonchev–Trinajstić information content (AvgIpc) is 3.03. The van der Waals surface area contributed by atoms with Crippen molar-refractivity contribution in [1.29, 1.82) is 0 Å². The van der Waals surface area contributed by atoms with E-state index in [0.29, 0.717) is 12.1 Å². The lowest BCUT2D eigenvalue weighted by atomic mass is 10.1. The van der Waals surface area contributed by atoms with Crippen molar-refractivity contribution < 1.29 is 9.21 Å². The molecule has 6 heteroatoms. The van der Waals surface area contributed by atoms with E-state index < -0.39 is 6.04 Å².